The van der Waals surface area contributed by atoms with Crippen molar-refractivity contribution in [1.82, 2.24) is 19.4 Å². The van der Waals surface area contributed by atoms with E-state index in [-0.39, 0.29) is 5.41 Å². The lowest BCUT2D eigenvalue weighted by Crippen LogP contribution is -2.37. The minimum atomic E-state index is -3.56. The highest BCUT2D eigenvalue weighted by atomic mass is 32.2. The van der Waals surface area contributed by atoms with Gasteiger partial charge in [0.15, 0.2) is 0 Å². The molecule has 1 aliphatic heterocycles. The molecule has 1 aromatic heterocycles. The summed E-state index contributed by atoms with van der Waals surface area (Å²) < 4.78 is 30.1. The Hall–Kier alpha value is -1.70. The maximum atomic E-state index is 12.8. The van der Waals surface area contributed by atoms with Gasteiger partial charge in [-0.3, -0.25) is 0 Å². The van der Waals surface area contributed by atoms with Gasteiger partial charge in [0.1, 0.15) is 0 Å². The average molecular weight is 348 g/mol. The molecule has 1 atom stereocenters. The molecular formula is C17H24N4O2S. The number of hydrogen-bond acceptors (Lipinski definition) is 4. The van der Waals surface area contributed by atoms with E-state index in [0.717, 1.165) is 30.8 Å². The molecular weight excluding hydrogens is 324 g/mol. The first-order valence-corrected chi connectivity index (χ1v) is 9.56. The number of benzene rings is 1. The number of aromatic nitrogens is 2. The van der Waals surface area contributed by atoms with E-state index in [4.69, 9.17) is 0 Å². The first-order chi connectivity index (χ1) is 11.3. The predicted molar refractivity (Wildman–Crippen MR) is 93.7 cm³/mol. The van der Waals surface area contributed by atoms with Gasteiger partial charge in [0.2, 0.25) is 10.0 Å². The van der Waals surface area contributed by atoms with Crippen molar-refractivity contribution in [3.63, 3.8) is 0 Å². The van der Waals surface area contributed by atoms with Gasteiger partial charge < -0.3 is 4.90 Å². The normalized spacial score (nSPS) is 22.1. The molecule has 130 valence electrons. The first kappa shape index (κ1) is 17.1. The maximum Gasteiger partial charge on any atom is 0.240 e. The van der Waals surface area contributed by atoms with Gasteiger partial charge >= 0.3 is 0 Å². The van der Waals surface area contributed by atoms with E-state index in [0.29, 0.717) is 11.4 Å². The van der Waals surface area contributed by atoms with Gasteiger partial charge in [0, 0.05) is 25.5 Å². The molecule has 7 heteroatoms. The zero-order valence-electron chi connectivity index (χ0n) is 14.4. The molecule has 3 rings (SSSR count). The van der Waals surface area contributed by atoms with Crippen LogP contribution in [0.3, 0.4) is 0 Å². The van der Waals surface area contributed by atoms with E-state index in [1.54, 1.807) is 23.1 Å². The molecule has 0 bridgehead atoms. The van der Waals surface area contributed by atoms with E-state index < -0.39 is 10.0 Å². The van der Waals surface area contributed by atoms with Gasteiger partial charge in [-0.2, -0.15) is 5.10 Å². The number of hydrogen-bond donors (Lipinski definition) is 1. The second kappa shape index (κ2) is 6.31. The molecule has 1 aromatic carbocycles. The number of rotatable bonds is 5. The molecule has 0 amide bonds. The van der Waals surface area contributed by atoms with Gasteiger partial charge in [0.25, 0.3) is 0 Å². The van der Waals surface area contributed by atoms with Crippen molar-refractivity contribution in [1.29, 1.82) is 0 Å². The summed E-state index contributed by atoms with van der Waals surface area (Å²) in [5, 5.41) is 4.16. The van der Waals surface area contributed by atoms with Gasteiger partial charge in [-0.1, -0.05) is 13.0 Å². The Morgan fingerprint density at radius 2 is 2.17 bits per heavy atom. The van der Waals surface area contributed by atoms with Gasteiger partial charge in [-0.25, -0.2) is 17.8 Å². The third-order valence-electron chi connectivity index (χ3n) is 4.67. The van der Waals surface area contributed by atoms with E-state index in [9.17, 15) is 8.42 Å². The Labute approximate surface area is 143 Å². The Morgan fingerprint density at radius 1 is 1.38 bits per heavy atom. The number of nitrogens with zero attached hydrogens (tertiary/aromatic N) is 3. The number of nitrogens with one attached hydrogen (secondary N) is 1. The highest BCUT2D eigenvalue weighted by molar-refractivity contribution is 7.89. The third-order valence-corrected chi connectivity index (χ3v) is 6.21. The standard InChI is InChI=1S/C17H24N4O2S/c1-14-5-6-15(21-9-4-8-18-21)11-16(14)24(22,23)19-12-17(2)7-10-20(3)13-17/h4-6,8-9,11,19H,7,10,12-13H2,1-3H3. The fraction of sp³-hybridized carbons (Fsp3) is 0.471. The van der Waals surface area contributed by atoms with Crippen LogP contribution in [0.4, 0.5) is 0 Å². The Balaban J connectivity index is 1.83. The fourth-order valence-electron chi connectivity index (χ4n) is 3.20. The molecule has 0 radical (unpaired) electrons. The van der Waals surface area contributed by atoms with E-state index in [1.165, 1.54) is 0 Å². The highest BCUT2D eigenvalue weighted by Crippen LogP contribution is 2.29. The molecule has 1 unspecified atom stereocenters. The minimum absolute atomic E-state index is 0.0185. The van der Waals surface area contributed by atoms with Gasteiger partial charge in [-0.05, 0) is 56.1 Å². The fourth-order valence-corrected chi connectivity index (χ4v) is 4.67. The molecule has 24 heavy (non-hydrogen) atoms. The lowest BCUT2D eigenvalue weighted by atomic mass is 9.90. The summed E-state index contributed by atoms with van der Waals surface area (Å²) in [6.07, 6.45) is 4.46. The maximum absolute atomic E-state index is 12.8. The van der Waals surface area contributed by atoms with Crippen molar-refractivity contribution < 1.29 is 8.42 Å². The summed E-state index contributed by atoms with van der Waals surface area (Å²) >= 11 is 0. The summed E-state index contributed by atoms with van der Waals surface area (Å²) in [5.74, 6) is 0. The average Bonchev–Trinajstić information content (AvgIpc) is 3.16. The van der Waals surface area contributed by atoms with Crippen molar-refractivity contribution >= 4 is 10.0 Å². The van der Waals surface area contributed by atoms with Crippen molar-refractivity contribution in [3.8, 4) is 5.69 Å². The SMILES string of the molecule is Cc1ccc(-n2cccn2)cc1S(=O)(=O)NCC1(C)CCN(C)C1. The van der Waals surface area contributed by atoms with Crippen LogP contribution in [0.5, 0.6) is 0 Å². The number of aryl methyl sites for hydroxylation is 1. The lowest BCUT2D eigenvalue weighted by Gasteiger charge is -2.24. The number of sulfonamides is 1. The molecule has 0 aliphatic carbocycles. The second-order valence-electron chi connectivity index (χ2n) is 7.02. The molecule has 0 spiro atoms. The molecule has 1 N–H and O–H groups in total. The van der Waals surface area contributed by atoms with Crippen LogP contribution < -0.4 is 4.72 Å². The second-order valence-corrected chi connectivity index (χ2v) is 8.76. The van der Waals surface area contributed by atoms with Crippen molar-refractivity contribution in [2.75, 3.05) is 26.7 Å². The Morgan fingerprint density at radius 3 is 2.79 bits per heavy atom. The first-order valence-electron chi connectivity index (χ1n) is 8.08. The van der Waals surface area contributed by atoms with Gasteiger partial charge in [0.05, 0.1) is 10.6 Å². The topological polar surface area (TPSA) is 67.2 Å². The quantitative estimate of drug-likeness (QED) is 0.895. The lowest BCUT2D eigenvalue weighted by molar-refractivity contribution is 0.310. The summed E-state index contributed by atoms with van der Waals surface area (Å²) in [6, 6.07) is 7.17. The summed E-state index contributed by atoms with van der Waals surface area (Å²) in [4.78, 5) is 2.54. The van der Waals surface area contributed by atoms with E-state index in [1.807, 2.05) is 25.1 Å². The van der Waals surface area contributed by atoms with Crippen molar-refractivity contribution in [2.24, 2.45) is 5.41 Å². The molecule has 2 heterocycles. The molecule has 0 saturated carbocycles. The molecule has 1 aliphatic rings. The van der Waals surface area contributed by atoms with Crippen LogP contribution in [-0.2, 0) is 10.0 Å². The summed E-state index contributed by atoms with van der Waals surface area (Å²) in [5.41, 5.74) is 1.44. The monoisotopic (exact) mass is 348 g/mol. The zero-order valence-corrected chi connectivity index (χ0v) is 15.2. The largest absolute Gasteiger partial charge is 0.306 e. The smallest absolute Gasteiger partial charge is 0.240 e. The van der Waals surface area contributed by atoms with Crippen LogP contribution in [0.15, 0.2) is 41.6 Å². The van der Waals surface area contributed by atoms with Crippen molar-refractivity contribution in [2.45, 2.75) is 25.2 Å². The number of likely N-dealkylation sites (tertiary alicyclic amines) is 1. The zero-order chi connectivity index (χ0) is 17.4. The van der Waals surface area contributed by atoms with Gasteiger partial charge in [-0.15, -0.1) is 0 Å². The van der Waals surface area contributed by atoms with E-state index in [2.05, 4.69) is 28.7 Å². The molecule has 6 nitrogen and oxygen atoms in total. The third kappa shape index (κ3) is 3.53. The van der Waals surface area contributed by atoms with Crippen molar-refractivity contribution in [3.05, 3.63) is 42.2 Å². The van der Waals surface area contributed by atoms with E-state index >= 15 is 0 Å². The Bertz CT molecular complexity index is 817. The minimum Gasteiger partial charge on any atom is -0.306 e. The Kier molecular flexibility index (Phi) is 4.50. The molecule has 1 fully saturated rings. The van der Waals surface area contributed by atoms with Crippen LogP contribution in [0.25, 0.3) is 5.69 Å². The summed E-state index contributed by atoms with van der Waals surface area (Å²) in [7, 11) is -1.49. The molecule has 1 saturated heterocycles. The van der Waals surface area contributed by atoms with Crippen LogP contribution in [0.2, 0.25) is 0 Å². The highest BCUT2D eigenvalue weighted by Gasteiger charge is 2.33. The summed E-state index contributed by atoms with van der Waals surface area (Å²) in [6.45, 7) is 6.30. The van der Waals surface area contributed by atoms with Crippen LogP contribution >= 0.6 is 0 Å². The predicted octanol–water partition coefficient (Wildman–Crippen LogP) is 1.80. The van der Waals surface area contributed by atoms with Crippen LogP contribution in [-0.4, -0.2) is 49.8 Å². The molecule has 2 aromatic rings. The van der Waals surface area contributed by atoms with Crippen LogP contribution in [0.1, 0.15) is 18.9 Å². The van der Waals surface area contributed by atoms with Crippen LogP contribution in [0, 0.1) is 12.3 Å².